The molecule has 0 unspecified atom stereocenters. The van der Waals surface area contributed by atoms with Gasteiger partial charge in [0, 0.05) is 13.0 Å². The molecule has 3 aliphatic carbocycles. The van der Waals surface area contributed by atoms with Crippen molar-refractivity contribution in [3.05, 3.63) is 47.1 Å². The van der Waals surface area contributed by atoms with E-state index in [1.54, 1.807) is 6.08 Å². The van der Waals surface area contributed by atoms with Crippen molar-refractivity contribution >= 4 is 0 Å². The molecule has 3 aliphatic rings. The minimum absolute atomic E-state index is 0.00337. The van der Waals surface area contributed by atoms with E-state index in [1.807, 2.05) is 13.8 Å². The molecule has 3 fully saturated rings. The van der Waals surface area contributed by atoms with Crippen LogP contribution < -0.4 is 0 Å². The first-order valence-corrected chi connectivity index (χ1v) is 13.5. The molecule has 6 atom stereocenters. The number of allylic oxidation sites excluding steroid dienone is 3. The quantitative estimate of drug-likeness (QED) is 0.346. The highest BCUT2D eigenvalue weighted by Gasteiger charge is 2.50. The predicted molar refractivity (Wildman–Crippen MR) is 139 cm³/mol. The number of aliphatic hydroxyl groups excluding tert-OH is 3. The Labute approximate surface area is 207 Å². The normalized spacial score (nSPS) is 36.9. The van der Waals surface area contributed by atoms with Gasteiger partial charge < -0.3 is 20.4 Å². The van der Waals surface area contributed by atoms with Crippen LogP contribution >= 0.6 is 0 Å². The maximum absolute atomic E-state index is 10.7. The molecule has 0 amide bonds. The molecule has 34 heavy (non-hydrogen) atoms. The van der Waals surface area contributed by atoms with Crippen LogP contribution in [0.15, 0.2) is 47.1 Å². The number of rotatable bonds is 8. The molecule has 0 aliphatic heterocycles. The summed E-state index contributed by atoms with van der Waals surface area (Å²) in [7, 11) is 0. The minimum Gasteiger partial charge on any atom is -0.396 e. The van der Waals surface area contributed by atoms with Crippen molar-refractivity contribution in [3.8, 4) is 0 Å². The Morgan fingerprint density at radius 2 is 1.94 bits per heavy atom. The zero-order chi connectivity index (χ0) is 25.1. The average molecular weight is 473 g/mol. The number of fused-ring (bicyclic) bond motifs is 1. The van der Waals surface area contributed by atoms with Gasteiger partial charge in [0.05, 0.1) is 11.7 Å². The number of hydrogen-bond acceptors (Lipinski definition) is 4. The van der Waals surface area contributed by atoms with Crippen molar-refractivity contribution < 1.29 is 20.4 Å². The first kappa shape index (κ1) is 27.4. The highest BCUT2D eigenvalue weighted by atomic mass is 16.3. The van der Waals surface area contributed by atoms with Crippen LogP contribution in [0.5, 0.6) is 0 Å². The van der Waals surface area contributed by atoms with Gasteiger partial charge in [-0.1, -0.05) is 57.1 Å². The van der Waals surface area contributed by atoms with Crippen LogP contribution in [-0.2, 0) is 0 Å². The third-order valence-electron chi connectivity index (χ3n) is 9.04. The molecule has 0 bridgehead atoms. The fraction of sp³-hybridized carbons (Fsp3) is 0.733. The van der Waals surface area contributed by atoms with Gasteiger partial charge in [-0.05, 0) is 98.7 Å². The second-order valence-electron chi connectivity index (χ2n) is 12.1. The maximum atomic E-state index is 10.7. The van der Waals surface area contributed by atoms with Gasteiger partial charge in [0.1, 0.15) is 6.10 Å². The van der Waals surface area contributed by atoms with E-state index in [0.29, 0.717) is 41.2 Å². The molecule has 3 saturated carbocycles. The van der Waals surface area contributed by atoms with Crippen LogP contribution in [0, 0.1) is 23.2 Å². The first-order chi connectivity index (χ1) is 16.0. The first-order valence-electron chi connectivity index (χ1n) is 13.5. The molecule has 0 saturated heterocycles. The zero-order valence-corrected chi connectivity index (χ0v) is 21.9. The lowest BCUT2D eigenvalue weighted by Gasteiger charge is -2.44. The molecule has 3 rings (SSSR count). The lowest BCUT2D eigenvalue weighted by molar-refractivity contribution is 0.0596. The molecule has 0 aromatic carbocycles. The fourth-order valence-electron chi connectivity index (χ4n) is 7.15. The molecule has 0 aromatic heterocycles. The van der Waals surface area contributed by atoms with Gasteiger partial charge >= 0.3 is 0 Å². The van der Waals surface area contributed by atoms with E-state index >= 15 is 0 Å². The summed E-state index contributed by atoms with van der Waals surface area (Å²) in [5, 5.41) is 40.4. The van der Waals surface area contributed by atoms with Gasteiger partial charge in [0.25, 0.3) is 0 Å². The average Bonchev–Trinajstić information content (AvgIpc) is 3.12. The van der Waals surface area contributed by atoms with Gasteiger partial charge in [0.15, 0.2) is 0 Å². The molecular formula is C30H48O4. The Kier molecular flexibility index (Phi) is 9.06. The summed E-state index contributed by atoms with van der Waals surface area (Å²) in [6, 6.07) is 0. The zero-order valence-electron chi connectivity index (χ0n) is 21.9. The Balaban J connectivity index is 1.71. The fourth-order valence-corrected chi connectivity index (χ4v) is 7.15. The highest BCUT2D eigenvalue weighted by molar-refractivity contribution is 5.46. The molecule has 0 heterocycles. The van der Waals surface area contributed by atoms with Crippen molar-refractivity contribution in [3.63, 3.8) is 0 Å². The van der Waals surface area contributed by atoms with Gasteiger partial charge in [-0.3, -0.25) is 0 Å². The number of hydrogen-bond donors (Lipinski definition) is 4. The molecule has 0 spiro atoms. The second-order valence-corrected chi connectivity index (χ2v) is 12.1. The summed E-state index contributed by atoms with van der Waals surface area (Å²) >= 11 is 0. The third-order valence-corrected chi connectivity index (χ3v) is 9.04. The van der Waals surface area contributed by atoms with Crippen LogP contribution in [0.1, 0.15) is 91.9 Å². The lowest BCUT2D eigenvalue weighted by atomic mass is 9.60. The molecule has 4 heteroatoms. The van der Waals surface area contributed by atoms with E-state index in [-0.39, 0.29) is 6.61 Å². The third kappa shape index (κ3) is 6.13. The summed E-state index contributed by atoms with van der Waals surface area (Å²) in [5.41, 5.74) is 3.43. The summed E-state index contributed by atoms with van der Waals surface area (Å²) in [6.07, 6.45) is 14.7. The summed E-state index contributed by atoms with van der Waals surface area (Å²) in [4.78, 5) is 0. The molecule has 0 radical (unpaired) electrons. The van der Waals surface area contributed by atoms with E-state index in [1.165, 1.54) is 37.7 Å². The maximum Gasteiger partial charge on any atom is 0.102 e. The summed E-state index contributed by atoms with van der Waals surface area (Å²) in [6.45, 7) is 12.9. The molecular weight excluding hydrogens is 424 g/mol. The summed E-state index contributed by atoms with van der Waals surface area (Å²) < 4.78 is 0. The van der Waals surface area contributed by atoms with Crippen LogP contribution in [0.2, 0.25) is 0 Å². The van der Waals surface area contributed by atoms with Crippen molar-refractivity contribution in [1.82, 2.24) is 0 Å². The Hall–Kier alpha value is -1.20. The molecule has 4 N–H and O–H groups in total. The van der Waals surface area contributed by atoms with Crippen molar-refractivity contribution in [2.75, 3.05) is 6.61 Å². The van der Waals surface area contributed by atoms with Gasteiger partial charge in [-0.25, -0.2) is 0 Å². The van der Waals surface area contributed by atoms with E-state index < -0.39 is 17.8 Å². The largest absolute Gasteiger partial charge is 0.396 e. The van der Waals surface area contributed by atoms with Crippen LogP contribution in [0.3, 0.4) is 0 Å². The van der Waals surface area contributed by atoms with Crippen molar-refractivity contribution in [1.29, 1.82) is 0 Å². The predicted octanol–water partition coefficient (Wildman–Crippen LogP) is 5.62. The minimum atomic E-state index is -0.878. The second kappa shape index (κ2) is 11.2. The van der Waals surface area contributed by atoms with Gasteiger partial charge in [0.2, 0.25) is 0 Å². The molecule has 4 nitrogen and oxygen atoms in total. The Morgan fingerprint density at radius 1 is 1.21 bits per heavy atom. The van der Waals surface area contributed by atoms with E-state index in [9.17, 15) is 15.3 Å². The lowest BCUT2D eigenvalue weighted by Crippen LogP contribution is -2.36. The monoisotopic (exact) mass is 472 g/mol. The van der Waals surface area contributed by atoms with E-state index in [4.69, 9.17) is 5.11 Å². The number of aliphatic hydroxyl groups is 4. The van der Waals surface area contributed by atoms with Crippen molar-refractivity contribution in [2.45, 2.75) is 110 Å². The smallest absolute Gasteiger partial charge is 0.102 e. The van der Waals surface area contributed by atoms with E-state index in [2.05, 4.69) is 32.6 Å². The SMILES string of the molecule is C=C1/C(=C\C=C2/CCC[C@]3(C)[C@@H]([C@@H](C)CCCC(C)(C)O)CC[C@@H]23)C[C@@H](O)/C(=C\CCO)[C@@H]1O. The molecule has 0 aromatic rings. The van der Waals surface area contributed by atoms with E-state index in [0.717, 1.165) is 30.8 Å². The van der Waals surface area contributed by atoms with Crippen LogP contribution in [0.4, 0.5) is 0 Å². The van der Waals surface area contributed by atoms with Crippen LogP contribution in [-0.4, -0.2) is 44.8 Å². The van der Waals surface area contributed by atoms with Gasteiger partial charge in [-0.15, -0.1) is 0 Å². The Morgan fingerprint density at radius 3 is 2.62 bits per heavy atom. The topological polar surface area (TPSA) is 80.9 Å². The summed E-state index contributed by atoms with van der Waals surface area (Å²) in [5.74, 6) is 2.00. The molecule has 192 valence electrons. The van der Waals surface area contributed by atoms with Crippen LogP contribution in [0.25, 0.3) is 0 Å². The van der Waals surface area contributed by atoms with Crippen molar-refractivity contribution in [2.24, 2.45) is 23.2 Å². The standard InChI is InChI=1S/C30H48O4/c1-20(9-6-16-29(3,4)34)25-14-15-26-22(10-7-17-30(25,26)5)12-13-23-19-27(32)24(11-8-18-31)28(33)21(23)2/h11-13,20,25-28,31-34H,2,6-10,14-19H2,1,3-5H3/b22-12+,23-13-,24-11+/t20-,25+,26-,27+,28+,30+/m0/s1. The highest BCUT2D eigenvalue weighted by Crippen LogP contribution is 2.60. The van der Waals surface area contributed by atoms with Gasteiger partial charge in [-0.2, -0.15) is 0 Å². The Bertz CT molecular complexity index is 814.